The molecule has 0 saturated carbocycles. The van der Waals surface area contributed by atoms with E-state index in [0.717, 1.165) is 12.1 Å². The Bertz CT molecular complexity index is 441. The van der Waals surface area contributed by atoms with E-state index in [1.54, 1.807) is 6.92 Å². The molecule has 98 valence electrons. The van der Waals surface area contributed by atoms with Crippen molar-refractivity contribution in [3.05, 3.63) is 29.6 Å². The first kappa shape index (κ1) is 14.0. The number of rotatable bonds is 5. The number of benzene rings is 1. The summed E-state index contributed by atoms with van der Waals surface area (Å²) in [6.45, 7) is 1.77. The average Bonchev–Trinajstić information content (AvgIpc) is 2.28. The lowest BCUT2D eigenvalue weighted by atomic mass is 10.1. The normalized spacial score (nSPS) is 11.9. The zero-order valence-corrected chi connectivity index (χ0v) is 9.81. The van der Waals surface area contributed by atoms with Crippen molar-refractivity contribution in [1.29, 1.82) is 0 Å². The first-order valence-electron chi connectivity index (χ1n) is 5.48. The maximum Gasteiger partial charge on any atom is 0.326 e. The molecule has 3 N–H and O–H groups in total. The number of carbonyl (C=O) groups is 2. The van der Waals surface area contributed by atoms with Crippen LogP contribution in [0, 0.1) is 5.82 Å². The predicted octanol–water partition coefficient (Wildman–Crippen LogP) is 1.51. The van der Waals surface area contributed by atoms with E-state index >= 15 is 0 Å². The van der Waals surface area contributed by atoms with Crippen molar-refractivity contribution in [3.63, 3.8) is 0 Å². The van der Waals surface area contributed by atoms with Gasteiger partial charge in [-0.1, -0.05) is 19.4 Å². The topological polar surface area (TPSA) is 86.6 Å². The second-order valence-corrected chi connectivity index (χ2v) is 3.79. The maximum atomic E-state index is 13.4. The van der Waals surface area contributed by atoms with Crippen LogP contribution in [0.15, 0.2) is 18.2 Å². The van der Waals surface area contributed by atoms with Crippen LogP contribution in [0.1, 0.15) is 30.1 Å². The molecule has 0 aliphatic heterocycles. The zero-order valence-electron chi connectivity index (χ0n) is 9.81. The van der Waals surface area contributed by atoms with Crippen molar-refractivity contribution < 1.29 is 24.2 Å². The molecule has 1 aromatic carbocycles. The van der Waals surface area contributed by atoms with Crippen LogP contribution in [-0.2, 0) is 4.79 Å². The molecule has 1 atom stereocenters. The SMILES string of the molecule is CCCC(NC(=O)c1c(O)cccc1F)C(=O)O. The van der Waals surface area contributed by atoms with Crippen LogP contribution in [0.4, 0.5) is 4.39 Å². The number of phenolic OH excluding ortho intramolecular Hbond substituents is 1. The highest BCUT2D eigenvalue weighted by atomic mass is 19.1. The van der Waals surface area contributed by atoms with Crippen LogP contribution in [-0.4, -0.2) is 28.1 Å². The molecule has 1 aromatic rings. The fourth-order valence-corrected chi connectivity index (χ4v) is 1.51. The fraction of sp³-hybridized carbons (Fsp3) is 0.333. The fourth-order valence-electron chi connectivity index (χ4n) is 1.51. The number of halogens is 1. The first-order valence-corrected chi connectivity index (χ1v) is 5.48. The summed E-state index contributed by atoms with van der Waals surface area (Å²) in [6, 6.07) is 2.33. The van der Waals surface area contributed by atoms with Crippen LogP contribution in [0.25, 0.3) is 0 Å². The van der Waals surface area contributed by atoms with Gasteiger partial charge in [0.05, 0.1) is 0 Å². The van der Waals surface area contributed by atoms with E-state index in [0.29, 0.717) is 6.42 Å². The lowest BCUT2D eigenvalue weighted by molar-refractivity contribution is -0.139. The van der Waals surface area contributed by atoms with Crippen molar-refractivity contribution in [2.45, 2.75) is 25.8 Å². The lowest BCUT2D eigenvalue weighted by Crippen LogP contribution is -2.41. The molecule has 1 unspecified atom stereocenters. The van der Waals surface area contributed by atoms with Gasteiger partial charge in [0.15, 0.2) is 0 Å². The van der Waals surface area contributed by atoms with Gasteiger partial charge in [0.25, 0.3) is 5.91 Å². The predicted molar refractivity (Wildman–Crippen MR) is 61.9 cm³/mol. The van der Waals surface area contributed by atoms with Gasteiger partial charge in [-0.25, -0.2) is 9.18 Å². The largest absolute Gasteiger partial charge is 0.507 e. The molecule has 0 spiro atoms. The van der Waals surface area contributed by atoms with E-state index in [4.69, 9.17) is 5.11 Å². The standard InChI is InChI=1S/C12H14FNO4/c1-2-4-8(12(17)18)14-11(16)10-7(13)5-3-6-9(10)15/h3,5-6,8,15H,2,4H2,1H3,(H,14,16)(H,17,18). The number of carboxylic acids is 1. The summed E-state index contributed by atoms with van der Waals surface area (Å²) in [5, 5.41) is 20.4. The molecular formula is C12H14FNO4. The van der Waals surface area contributed by atoms with E-state index in [1.165, 1.54) is 6.07 Å². The summed E-state index contributed by atoms with van der Waals surface area (Å²) in [6.07, 6.45) is 0.788. The van der Waals surface area contributed by atoms with Gasteiger partial charge in [0, 0.05) is 0 Å². The van der Waals surface area contributed by atoms with Crippen LogP contribution in [0.3, 0.4) is 0 Å². The molecule has 0 saturated heterocycles. The van der Waals surface area contributed by atoms with Gasteiger partial charge < -0.3 is 15.5 Å². The number of hydrogen-bond acceptors (Lipinski definition) is 3. The van der Waals surface area contributed by atoms with Crippen molar-refractivity contribution in [2.75, 3.05) is 0 Å². The number of aliphatic carboxylic acids is 1. The van der Waals surface area contributed by atoms with Crippen molar-refractivity contribution in [3.8, 4) is 5.75 Å². The van der Waals surface area contributed by atoms with Crippen LogP contribution >= 0.6 is 0 Å². The summed E-state index contributed by atoms with van der Waals surface area (Å²) in [4.78, 5) is 22.6. The lowest BCUT2D eigenvalue weighted by Gasteiger charge is -2.14. The summed E-state index contributed by atoms with van der Waals surface area (Å²) < 4.78 is 13.4. The highest BCUT2D eigenvalue weighted by Crippen LogP contribution is 2.19. The molecule has 5 nitrogen and oxygen atoms in total. The summed E-state index contributed by atoms with van der Waals surface area (Å²) in [7, 11) is 0. The Labute approximate surface area is 103 Å². The first-order chi connectivity index (χ1) is 8.47. The molecule has 0 bridgehead atoms. The highest BCUT2D eigenvalue weighted by molar-refractivity contribution is 5.99. The second-order valence-electron chi connectivity index (χ2n) is 3.79. The van der Waals surface area contributed by atoms with Gasteiger partial charge >= 0.3 is 5.97 Å². The average molecular weight is 255 g/mol. The van der Waals surface area contributed by atoms with Crippen LogP contribution in [0.2, 0.25) is 0 Å². The molecule has 0 fully saturated rings. The molecule has 6 heteroatoms. The number of hydrogen-bond donors (Lipinski definition) is 3. The molecular weight excluding hydrogens is 241 g/mol. The molecule has 1 amide bonds. The third-order valence-corrected chi connectivity index (χ3v) is 2.40. The van der Waals surface area contributed by atoms with Crippen molar-refractivity contribution in [2.24, 2.45) is 0 Å². The second kappa shape index (κ2) is 6.00. The van der Waals surface area contributed by atoms with Gasteiger partial charge in [-0.15, -0.1) is 0 Å². The molecule has 0 heterocycles. The van der Waals surface area contributed by atoms with Gasteiger partial charge in [-0.3, -0.25) is 4.79 Å². The summed E-state index contributed by atoms with van der Waals surface area (Å²) in [5.41, 5.74) is -0.542. The van der Waals surface area contributed by atoms with E-state index < -0.39 is 35.0 Å². The molecule has 0 aliphatic rings. The van der Waals surface area contributed by atoms with Crippen LogP contribution in [0.5, 0.6) is 5.75 Å². The number of carbonyl (C=O) groups excluding carboxylic acids is 1. The minimum absolute atomic E-state index is 0.232. The van der Waals surface area contributed by atoms with Crippen molar-refractivity contribution >= 4 is 11.9 Å². The summed E-state index contributed by atoms with van der Waals surface area (Å²) >= 11 is 0. The maximum absolute atomic E-state index is 13.4. The Morgan fingerprint density at radius 1 is 1.44 bits per heavy atom. The Hall–Kier alpha value is -2.11. The van der Waals surface area contributed by atoms with E-state index in [2.05, 4.69) is 5.32 Å². The number of carboxylic acid groups (broad SMARTS) is 1. The van der Waals surface area contributed by atoms with Crippen molar-refractivity contribution in [1.82, 2.24) is 5.32 Å². The Kier molecular flexibility index (Phi) is 4.65. The highest BCUT2D eigenvalue weighted by Gasteiger charge is 2.23. The van der Waals surface area contributed by atoms with Gasteiger partial charge in [-0.2, -0.15) is 0 Å². The number of nitrogens with one attached hydrogen (secondary N) is 1. The Morgan fingerprint density at radius 2 is 2.11 bits per heavy atom. The van der Waals surface area contributed by atoms with E-state index in [-0.39, 0.29) is 6.42 Å². The monoisotopic (exact) mass is 255 g/mol. The van der Waals surface area contributed by atoms with E-state index in [1.807, 2.05) is 0 Å². The quantitative estimate of drug-likeness (QED) is 0.744. The summed E-state index contributed by atoms with van der Waals surface area (Å²) in [5.74, 6) is -3.55. The Balaban J connectivity index is 2.90. The molecule has 0 radical (unpaired) electrons. The third-order valence-electron chi connectivity index (χ3n) is 2.40. The third kappa shape index (κ3) is 3.19. The molecule has 0 aromatic heterocycles. The minimum atomic E-state index is -1.19. The zero-order chi connectivity index (χ0) is 13.7. The molecule has 1 rings (SSSR count). The van der Waals surface area contributed by atoms with E-state index in [9.17, 15) is 19.1 Å². The van der Waals surface area contributed by atoms with Gasteiger partial charge in [0.1, 0.15) is 23.2 Å². The smallest absolute Gasteiger partial charge is 0.326 e. The van der Waals surface area contributed by atoms with Gasteiger partial charge in [-0.05, 0) is 18.6 Å². The van der Waals surface area contributed by atoms with Gasteiger partial charge in [0.2, 0.25) is 0 Å². The molecule has 0 aliphatic carbocycles. The molecule has 18 heavy (non-hydrogen) atoms. The number of amides is 1. The minimum Gasteiger partial charge on any atom is -0.507 e. The Morgan fingerprint density at radius 3 is 2.61 bits per heavy atom. The number of aromatic hydroxyl groups is 1. The van der Waals surface area contributed by atoms with Crippen LogP contribution < -0.4 is 5.32 Å². The number of phenols is 1.